The Kier molecular flexibility index (Phi) is 5.55. The number of nitrogens with zero attached hydrogens (tertiary/aromatic N) is 3. The molecule has 1 aromatic carbocycles. The topological polar surface area (TPSA) is 78.5 Å². The SMILES string of the molecule is CCN1CC(CN(C)C(=O)c2cc(COc3ccccc3)[nH]n2)CC1=O. The lowest BCUT2D eigenvalue weighted by molar-refractivity contribution is -0.127. The molecule has 1 saturated heterocycles. The first-order chi connectivity index (χ1) is 12.6. The van der Waals surface area contributed by atoms with Gasteiger partial charge in [-0.25, -0.2) is 0 Å². The summed E-state index contributed by atoms with van der Waals surface area (Å²) in [6.45, 7) is 4.26. The molecule has 0 saturated carbocycles. The summed E-state index contributed by atoms with van der Waals surface area (Å²) in [4.78, 5) is 27.8. The van der Waals surface area contributed by atoms with Crippen LogP contribution < -0.4 is 4.74 Å². The van der Waals surface area contributed by atoms with Gasteiger partial charge in [0.05, 0.1) is 5.69 Å². The highest BCUT2D eigenvalue weighted by Crippen LogP contribution is 2.19. The zero-order valence-corrected chi connectivity index (χ0v) is 15.1. The van der Waals surface area contributed by atoms with E-state index in [1.165, 1.54) is 0 Å². The standard InChI is InChI=1S/C19H24N4O3/c1-3-23-12-14(9-18(23)24)11-22(2)19(25)17-10-15(20-21-17)13-26-16-7-5-4-6-8-16/h4-8,10,14H,3,9,11-13H2,1-2H3,(H,20,21). The number of likely N-dealkylation sites (tertiary alicyclic amines) is 1. The highest BCUT2D eigenvalue weighted by atomic mass is 16.5. The predicted molar refractivity (Wildman–Crippen MR) is 96.7 cm³/mol. The number of amides is 2. The largest absolute Gasteiger partial charge is 0.487 e. The second-order valence-electron chi connectivity index (χ2n) is 6.57. The number of hydrogen-bond acceptors (Lipinski definition) is 4. The molecule has 1 fully saturated rings. The molecule has 1 aromatic heterocycles. The maximum Gasteiger partial charge on any atom is 0.274 e. The Morgan fingerprint density at radius 1 is 1.38 bits per heavy atom. The summed E-state index contributed by atoms with van der Waals surface area (Å²) in [7, 11) is 1.75. The van der Waals surface area contributed by atoms with Gasteiger partial charge in [-0.1, -0.05) is 18.2 Å². The van der Waals surface area contributed by atoms with Gasteiger partial charge in [0.1, 0.15) is 12.4 Å². The third kappa shape index (κ3) is 4.22. The third-order valence-corrected chi connectivity index (χ3v) is 4.54. The van der Waals surface area contributed by atoms with Crippen LogP contribution in [0.15, 0.2) is 36.4 Å². The van der Waals surface area contributed by atoms with Crippen molar-refractivity contribution in [2.75, 3.05) is 26.7 Å². The average Bonchev–Trinajstić information content (AvgIpc) is 3.26. The fourth-order valence-corrected chi connectivity index (χ4v) is 3.17. The zero-order valence-electron chi connectivity index (χ0n) is 15.1. The Hall–Kier alpha value is -2.83. The van der Waals surface area contributed by atoms with Crippen molar-refractivity contribution in [2.45, 2.75) is 20.0 Å². The normalized spacial score (nSPS) is 16.8. The molecule has 0 radical (unpaired) electrons. The average molecular weight is 356 g/mol. The zero-order chi connectivity index (χ0) is 18.5. The molecule has 1 unspecified atom stereocenters. The van der Waals surface area contributed by atoms with Crippen molar-refractivity contribution in [3.8, 4) is 5.75 Å². The minimum absolute atomic E-state index is 0.158. The van der Waals surface area contributed by atoms with Crippen molar-refractivity contribution in [3.63, 3.8) is 0 Å². The fourth-order valence-electron chi connectivity index (χ4n) is 3.17. The lowest BCUT2D eigenvalue weighted by Crippen LogP contribution is -2.33. The summed E-state index contributed by atoms with van der Waals surface area (Å²) in [5, 5.41) is 6.94. The lowest BCUT2D eigenvalue weighted by atomic mass is 10.1. The van der Waals surface area contributed by atoms with Crippen LogP contribution in [0.25, 0.3) is 0 Å². The van der Waals surface area contributed by atoms with Crippen LogP contribution >= 0.6 is 0 Å². The Morgan fingerprint density at radius 2 is 2.15 bits per heavy atom. The molecule has 2 heterocycles. The fraction of sp³-hybridized carbons (Fsp3) is 0.421. The summed E-state index contributed by atoms with van der Waals surface area (Å²) in [6, 6.07) is 11.2. The quantitative estimate of drug-likeness (QED) is 0.822. The van der Waals surface area contributed by atoms with Gasteiger partial charge in [0.2, 0.25) is 5.91 Å². The maximum atomic E-state index is 12.6. The molecule has 7 nitrogen and oxygen atoms in total. The van der Waals surface area contributed by atoms with Crippen molar-refractivity contribution >= 4 is 11.8 Å². The predicted octanol–water partition coefficient (Wildman–Crippen LogP) is 1.93. The van der Waals surface area contributed by atoms with Crippen LogP contribution in [0, 0.1) is 5.92 Å². The molecule has 3 rings (SSSR count). The van der Waals surface area contributed by atoms with E-state index in [4.69, 9.17) is 4.74 Å². The number of nitrogens with one attached hydrogen (secondary N) is 1. The lowest BCUT2D eigenvalue weighted by Gasteiger charge is -2.20. The van der Waals surface area contributed by atoms with Gasteiger partial charge >= 0.3 is 0 Å². The number of H-pyrrole nitrogens is 1. The summed E-state index contributed by atoms with van der Waals surface area (Å²) < 4.78 is 5.65. The second-order valence-corrected chi connectivity index (χ2v) is 6.57. The van der Waals surface area contributed by atoms with E-state index in [-0.39, 0.29) is 17.7 Å². The highest BCUT2D eigenvalue weighted by Gasteiger charge is 2.30. The summed E-state index contributed by atoms with van der Waals surface area (Å²) in [5.74, 6) is 0.947. The summed E-state index contributed by atoms with van der Waals surface area (Å²) in [5.41, 5.74) is 1.09. The maximum absolute atomic E-state index is 12.6. The first kappa shape index (κ1) is 18.0. The van der Waals surface area contributed by atoms with E-state index in [9.17, 15) is 9.59 Å². The van der Waals surface area contributed by atoms with Crippen molar-refractivity contribution < 1.29 is 14.3 Å². The Bertz CT molecular complexity index is 759. The highest BCUT2D eigenvalue weighted by molar-refractivity contribution is 5.92. The van der Waals surface area contributed by atoms with Crippen LogP contribution in [0.3, 0.4) is 0 Å². The Labute approximate surface area is 152 Å². The first-order valence-electron chi connectivity index (χ1n) is 8.82. The molecule has 7 heteroatoms. The molecule has 1 aliphatic heterocycles. The van der Waals surface area contributed by atoms with Crippen molar-refractivity contribution in [1.29, 1.82) is 0 Å². The molecule has 2 amide bonds. The number of carbonyl (C=O) groups excluding carboxylic acids is 2. The second kappa shape index (κ2) is 8.03. The van der Waals surface area contributed by atoms with E-state index >= 15 is 0 Å². The van der Waals surface area contributed by atoms with Gasteiger partial charge in [0.15, 0.2) is 5.69 Å². The molecular weight excluding hydrogens is 332 g/mol. The number of aromatic amines is 1. The van der Waals surface area contributed by atoms with E-state index in [2.05, 4.69) is 10.2 Å². The van der Waals surface area contributed by atoms with Gasteiger partial charge in [-0.05, 0) is 25.1 Å². The molecule has 0 bridgehead atoms. The van der Waals surface area contributed by atoms with E-state index in [1.807, 2.05) is 42.2 Å². The molecule has 1 N–H and O–H groups in total. The van der Waals surface area contributed by atoms with Gasteiger partial charge < -0.3 is 14.5 Å². The Balaban J connectivity index is 1.53. The van der Waals surface area contributed by atoms with Crippen LogP contribution in [0.5, 0.6) is 5.75 Å². The molecule has 138 valence electrons. The smallest absolute Gasteiger partial charge is 0.274 e. The third-order valence-electron chi connectivity index (χ3n) is 4.54. The molecular formula is C19H24N4O3. The first-order valence-corrected chi connectivity index (χ1v) is 8.82. The van der Waals surface area contributed by atoms with E-state index in [0.29, 0.717) is 31.8 Å². The van der Waals surface area contributed by atoms with Crippen LogP contribution in [-0.4, -0.2) is 58.5 Å². The molecule has 1 atom stereocenters. The van der Waals surface area contributed by atoms with Gasteiger partial charge in [-0.15, -0.1) is 0 Å². The van der Waals surface area contributed by atoms with E-state index in [1.54, 1.807) is 18.0 Å². The molecule has 26 heavy (non-hydrogen) atoms. The van der Waals surface area contributed by atoms with Crippen molar-refractivity contribution in [3.05, 3.63) is 47.8 Å². The number of para-hydroxylation sites is 1. The molecule has 0 aliphatic carbocycles. The number of hydrogen-bond donors (Lipinski definition) is 1. The van der Waals surface area contributed by atoms with Gasteiger partial charge in [-0.3, -0.25) is 14.7 Å². The van der Waals surface area contributed by atoms with Gasteiger partial charge in [-0.2, -0.15) is 5.10 Å². The van der Waals surface area contributed by atoms with E-state index in [0.717, 1.165) is 18.0 Å². The van der Waals surface area contributed by atoms with Crippen LogP contribution in [0.1, 0.15) is 29.5 Å². The van der Waals surface area contributed by atoms with E-state index < -0.39 is 0 Å². The molecule has 1 aliphatic rings. The summed E-state index contributed by atoms with van der Waals surface area (Å²) in [6.07, 6.45) is 0.502. The summed E-state index contributed by atoms with van der Waals surface area (Å²) >= 11 is 0. The number of ether oxygens (including phenoxy) is 1. The van der Waals surface area contributed by atoms with Crippen molar-refractivity contribution in [2.24, 2.45) is 5.92 Å². The monoisotopic (exact) mass is 356 g/mol. The van der Waals surface area contributed by atoms with Crippen molar-refractivity contribution in [1.82, 2.24) is 20.0 Å². The minimum Gasteiger partial charge on any atom is -0.487 e. The number of aromatic nitrogens is 2. The minimum atomic E-state index is -0.158. The molecule has 2 aromatic rings. The van der Waals surface area contributed by atoms with Gasteiger partial charge in [0, 0.05) is 39.0 Å². The van der Waals surface area contributed by atoms with Gasteiger partial charge in [0.25, 0.3) is 5.91 Å². The molecule has 0 spiro atoms. The van der Waals surface area contributed by atoms with Crippen LogP contribution in [0.4, 0.5) is 0 Å². The van der Waals surface area contributed by atoms with Crippen LogP contribution in [-0.2, 0) is 11.4 Å². The van der Waals surface area contributed by atoms with Crippen LogP contribution in [0.2, 0.25) is 0 Å². The number of rotatable bonds is 7. The number of benzene rings is 1. The Morgan fingerprint density at radius 3 is 2.85 bits per heavy atom. The number of carbonyl (C=O) groups is 2.